The maximum absolute atomic E-state index is 4.04. The molecule has 2 rings (SSSR count). The number of hydrogen-bond acceptors (Lipinski definition) is 3. The fraction of sp³-hybridized carbons (Fsp3) is 0.615. The van der Waals surface area contributed by atoms with E-state index < -0.39 is 0 Å². The third kappa shape index (κ3) is 3.29. The Morgan fingerprint density at radius 1 is 1.19 bits per heavy atom. The highest BCUT2D eigenvalue weighted by Gasteiger charge is 2.16. The summed E-state index contributed by atoms with van der Waals surface area (Å²) < 4.78 is 0. The smallest absolute Gasteiger partial charge is 0.183 e. The van der Waals surface area contributed by atoms with Crippen LogP contribution in [0.4, 0.5) is 5.69 Å². The van der Waals surface area contributed by atoms with Gasteiger partial charge >= 0.3 is 0 Å². The van der Waals surface area contributed by atoms with Crippen LogP contribution in [0.15, 0.2) is 24.5 Å². The van der Waals surface area contributed by atoms with Crippen molar-refractivity contribution in [1.29, 1.82) is 0 Å². The Bertz CT molecular complexity index is 293. The number of pyridine rings is 1. The minimum absolute atomic E-state index is 1.10. The second-order valence-corrected chi connectivity index (χ2v) is 4.53. The summed E-state index contributed by atoms with van der Waals surface area (Å²) in [7, 11) is 2.15. The van der Waals surface area contributed by atoms with Crippen molar-refractivity contribution in [2.24, 2.45) is 0 Å². The average molecular weight is 219 g/mol. The van der Waals surface area contributed by atoms with E-state index in [1.165, 1.54) is 44.6 Å². The number of hydrogen-bond donors (Lipinski definition) is 0. The number of piperidine rings is 1. The van der Waals surface area contributed by atoms with E-state index in [1.807, 2.05) is 12.4 Å². The Labute approximate surface area is 98.1 Å². The van der Waals surface area contributed by atoms with Crippen LogP contribution in [0.3, 0.4) is 0 Å². The van der Waals surface area contributed by atoms with Crippen molar-refractivity contribution in [3.63, 3.8) is 0 Å². The third-order valence-corrected chi connectivity index (χ3v) is 3.30. The molecule has 1 fully saturated rings. The van der Waals surface area contributed by atoms with E-state index in [2.05, 4.69) is 34.0 Å². The first-order valence-electron chi connectivity index (χ1n) is 6.20. The predicted molar refractivity (Wildman–Crippen MR) is 67.1 cm³/mol. The highest BCUT2D eigenvalue weighted by atomic mass is 15.2. The molecule has 16 heavy (non-hydrogen) atoms. The molecule has 3 heteroatoms. The lowest BCUT2D eigenvalue weighted by atomic mass is 10.1. The van der Waals surface area contributed by atoms with Gasteiger partial charge in [-0.05, 0) is 25.9 Å². The van der Waals surface area contributed by atoms with Crippen molar-refractivity contribution in [2.75, 3.05) is 33.2 Å². The van der Waals surface area contributed by atoms with Gasteiger partial charge in [0.25, 0.3) is 0 Å². The minimum atomic E-state index is 1.10. The molecule has 0 bridgehead atoms. The Balaban J connectivity index is 1.77. The van der Waals surface area contributed by atoms with Crippen LogP contribution in [-0.2, 0) is 0 Å². The van der Waals surface area contributed by atoms with E-state index in [-0.39, 0.29) is 0 Å². The molecular formula is C13H21N3+. The van der Waals surface area contributed by atoms with Crippen molar-refractivity contribution in [1.82, 2.24) is 14.8 Å². The molecule has 3 nitrogen and oxygen atoms in total. The molecular weight excluding hydrogens is 198 g/mol. The van der Waals surface area contributed by atoms with E-state index >= 15 is 0 Å². The number of likely N-dealkylation sites (tertiary alicyclic amines) is 1. The zero-order chi connectivity index (χ0) is 11.2. The summed E-state index contributed by atoms with van der Waals surface area (Å²) in [6.45, 7) is 4.84. The van der Waals surface area contributed by atoms with Crippen LogP contribution < -0.4 is 4.90 Å². The Hall–Kier alpha value is -0.930. The van der Waals surface area contributed by atoms with Gasteiger partial charge in [-0.25, -0.2) is 0 Å². The molecule has 0 aliphatic carbocycles. The van der Waals surface area contributed by atoms with E-state index in [9.17, 15) is 0 Å². The fourth-order valence-corrected chi connectivity index (χ4v) is 2.20. The topological polar surface area (TPSA) is 22.0 Å². The molecule has 0 spiro atoms. The predicted octanol–water partition coefficient (Wildman–Crippen LogP) is 1.97. The van der Waals surface area contributed by atoms with Gasteiger partial charge in [-0.1, -0.05) is 6.42 Å². The molecule has 0 aromatic carbocycles. The summed E-state index contributed by atoms with van der Waals surface area (Å²) >= 11 is 0. The second kappa shape index (κ2) is 5.97. The summed E-state index contributed by atoms with van der Waals surface area (Å²) in [6.07, 6.45) is 7.87. The Morgan fingerprint density at radius 2 is 1.88 bits per heavy atom. The molecule has 0 atom stereocenters. The van der Waals surface area contributed by atoms with Crippen LogP contribution in [0.2, 0.25) is 0 Å². The van der Waals surface area contributed by atoms with Gasteiger partial charge < -0.3 is 0 Å². The lowest BCUT2D eigenvalue weighted by molar-refractivity contribution is 0.225. The molecule has 0 saturated carbocycles. The lowest BCUT2D eigenvalue weighted by Crippen LogP contribution is -2.37. The molecule has 0 N–H and O–H groups in total. The third-order valence-electron chi connectivity index (χ3n) is 3.30. The van der Waals surface area contributed by atoms with Crippen LogP contribution in [0.25, 0.3) is 0 Å². The van der Waals surface area contributed by atoms with E-state index in [0.717, 1.165) is 6.54 Å². The number of anilines is 1. The van der Waals surface area contributed by atoms with Crippen molar-refractivity contribution in [2.45, 2.75) is 19.3 Å². The molecule has 87 valence electrons. The molecule has 0 unspecified atom stereocenters. The largest absolute Gasteiger partial charge is 0.298 e. The molecule has 1 radical (unpaired) electrons. The molecule has 1 aliphatic heterocycles. The fourth-order valence-electron chi connectivity index (χ4n) is 2.20. The molecule has 2 heterocycles. The maximum atomic E-state index is 4.04. The summed E-state index contributed by atoms with van der Waals surface area (Å²) in [5.74, 6) is 0. The molecule has 1 saturated heterocycles. The first-order chi connectivity index (χ1) is 7.86. The summed E-state index contributed by atoms with van der Waals surface area (Å²) in [4.78, 5) is 8.91. The quantitative estimate of drug-likeness (QED) is 0.722. The van der Waals surface area contributed by atoms with Gasteiger partial charge in [-0.3, -0.25) is 9.88 Å². The van der Waals surface area contributed by atoms with Gasteiger partial charge in [0.1, 0.15) is 13.6 Å². The van der Waals surface area contributed by atoms with E-state index in [4.69, 9.17) is 0 Å². The van der Waals surface area contributed by atoms with Crippen LogP contribution in [0, 0.1) is 0 Å². The summed E-state index contributed by atoms with van der Waals surface area (Å²) in [5.41, 5.74) is 1.26. The average Bonchev–Trinajstić information content (AvgIpc) is 2.38. The van der Waals surface area contributed by atoms with Crippen LogP contribution in [-0.4, -0.2) is 43.1 Å². The monoisotopic (exact) mass is 219 g/mol. The van der Waals surface area contributed by atoms with Gasteiger partial charge in [0.05, 0.1) is 6.54 Å². The van der Waals surface area contributed by atoms with Gasteiger partial charge in [0.2, 0.25) is 0 Å². The van der Waals surface area contributed by atoms with Crippen LogP contribution in [0.1, 0.15) is 19.3 Å². The molecule has 1 aliphatic rings. The minimum Gasteiger partial charge on any atom is -0.298 e. The van der Waals surface area contributed by atoms with Crippen molar-refractivity contribution >= 4 is 5.69 Å². The van der Waals surface area contributed by atoms with Crippen molar-refractivity contribution < 1.29 is 0 Å². The first-order valence-corrected chi connectivity index (χ1v) is 6.20. The van der Waals surface area contributed by atoms with Crippen molar-refractivity contribution in [3.8, 4) is 0 Å². The van der Waals surface area contributed by atoms with Gasteiger partial charge in [0, 0.05) is 24.5 Å². The standard InChI is InChI=1S/C13H21N3/c1-15(13-5-7-14-8-6-13)11-12-16-9-3-2-4-10-16/h5-8H,2-4,9-12H2,1H3/q+1. The van der Waals surface area contributed by atoms with E-state index in [0.29, 0.717) is 0 Å². The number of rotatable bonds is 4. The Morgan fingerprint density at radius 3 is 2.56 bits per heavy atom. The molecule has 0 amide bonds. The number of aromatic nitrogens is 1. The van der Waals surface area contributed by atoms with E-state index in [1.54, 1.807) is 0 Å². The van der Waals surface area contributed by atoms with Gasteiger partial charge in [0.15, 0.2) is 5.69 Å². The zero-order valence-electron chi connectivity index (χ0n) is 10.1. The number of likely N-dealkylation sites (N-methyl/N-ethyl adjacent to an activating group) is 1. The summed E-state index contributed by atoms with van der Waals surface area (Å²) in [5, 5.41) is 0. The highest BCUT2D eigenvalue weighted by molar-refractivity contribution is 5.35. The summed E-state index contributed by atoms with van der Waals surface area (Å²) in [6, 6.07) is 4.13. The van der Waals surface area contributed by atoms with Gasteiger partial charge in [-0.15, -0.1) is 4.90 Å². The van der Waals surface area contributed by atoms with Crippen LogP contribution >= 0.6 is 0 Å². The maximum Gasteiger partial charge on any atom is 0.183 e. The van der Waals surface area contributed by atoms with Crippen molar-refractivity contribution in [3.05, 3.63) is 24.5 Å². The molecule has 1 aromatic rings. The van der Waals surface area contributed by atoms with Crippen LogP contribution in [0.5, 0.6) is 0 Å². The lowest BCUT2D eigenvalue weighted by Gasteiger charge is -2.25. The highest BCUT2D eigenvalue weighted by Crippen LogP contribution is 2.11. The zero-order valence-corrected chi connectivity index (χ0v) is 10.1. The SMILES string of the molecule is C[N+](CCN1CCCCC1)c1ccncc1. The number of nitrogens with zero attached hydrogens (tertiary/aromatic N) is 3. The normalized spacial score (nSPS) is 17.9. The van der Waals surface area contributed by atoms with Gasteiger partial charge in [-0.2, -0.15) is 0 Å². The second-order valence-electron chi connectivity index (χ2n) is 4.53. The molecule has 1 aromatic heterocycles. The first kappa shape index (κ1) is 11.6. The Kier molecular flexibility index (Phi) is 4.31.